The first-order chi connectivity index (χ1) is 14.2. The van der Waals surface area contributed by atoms with Gasteiger partial charge in [-0.1, -0.05) is 12.1 Å². The third-order valence-electron chi connectivity index (χ3n) is 5.22. The second-order valence-electron chi connectivity index (χ2n) is 7.21. The topological polar surface area (TPSA) is 72.0 Å². The predicted octanol–water partition coefficient (Wildman–Crippen LogP) is 3.66. The Morgan fingerprint density at radius 1 is 1.21 bits per heavy atom. The highest BCUT2D eigenvalue weighted by Crippen LogP contribution is 2.40. The number of carbonyl (C=O) groups is 2. The van der Waals surface area contributed by atoms with Crippen LogP contribution in [0.5, 0.6) is 0 Å². The van der Waals surface area contributed by atoms with Gasteiger partial charge in [0.15, 0.2) is 6.29 Å². The summed E-state index contributed by atoms with van der Waals surface area (Å²) >= 11 is 0. The lowest BCUT2D eigenvalue weighted by molar-refractivity contribution is -0.162. The summed E-state index contributed by atoms with van der Waals surface area (Å²) in [6, 6.07) is 9.21. The fraction of sp³-hybridized carbons (Fsp3) is 0.409. The van der Waals surface area contributed by atoms with Crippen molar-refractivity contribution in [1.29, 1.82) is 0 Å². The van der Waals surface area contributed by atoms with E-state index in [1.54, 1.807) is 18.5 Å². The average Bonchev–Trinajstić information content (AvgIpc) is 2.85. The number of hydrogen-bond donors (Lipinski definition) is 0. The molecule has 3 heterocycles. The number of pyridine rings is 1. The number of carbonyl (C=O) groups excluding carboxylic acids is 2. The minimum Gasteiger partial charge on any atom is -0.353 e. The van der Waals surface area contributed by atoms with Gasteiger partial charge in [-0.3, -0.25) is 14.6 Å². The molecule has 2 aliphatic rings. The maximum Gasteiger partial charge on any atom is 0.267 e. The van der Waals surface area contributed by atoms with Crippen molar-refractivity contribution in [2.24, 2.45) is 0 Å². The van der Waals surface area contributed by atoms with Crippen LogP contribution in [0.3, 0.4) is 0 Å². The third-order valence-corrected chi connectivity index (χ3v) is 5.22. The van der Waals surface area contributed by atoms with E-state index in [1.165, 1.54) is 11.8 Å². The van der Waals surface area contributed by atoms with Crippen LogP contribution in [0, 0.1) is 0 Å². The lowest BCUT2D eigenvalue weighted by atomic mass is 10.1. The Morgan fingerprint density at radius 2 is 2.07 bits per heavy atom. The molecule has 0 N–H and O–H groups in total. The molecular formula is C22H25N3O4. The molecule has 1 saturated heterocycles. The van der Waals surface area contributed by atoms with E-state index in [4.69, 9.17) is 9.47 Å². The molecule has 0 radical (unpaired) electrons. The first-order valence-corrected chi connectivity index (χ1v) is 10.1. The first-order valence-electron chi connectivity index (χ1n) is 10.1. The van der Waals surface area contributed by atoms with Crippen molar-refractivity contribution >= 4 is 28.9 Å². The molecule has 0 spiro atoms. The van der Waals surface area contributed by atoms with Gasteiger partial charge in [-0.15, -0.1) is 0 Å². The SMILES string of the molecule is CC(=O)N1C(=O)c2ccccc2N(CCCOC2CCCCO2)c2ccncc21. The van der Waals surface area contributed by atoms with Crippen LogP contribution in [0.4, 0.5) is 17.1 Å². The molecular weight excluding hydrogens is 370 g/mol. The van der Waals surface area contributed by atoms with Crippen LogP contribution in [0.2, 0.25) is 0 Å². The molecule has 29 heavy (non-hydrogen) atoms. The van der Waals surface area contributed by atoms with Gasteiger partial charge in [0.1, 0.15) is 0 Å². The molecule has 1 unspecified atom stereocenters. The van der Waals surface area contributed by atoms with E-state index < -0.39 is 0 Å². The van der Waals surface area contributed by atoms with Crippen molar-refractivity contribution in [3.8, 4) is 0 Å². The van der Waals surface area contributed by atoms with E-state index in [9.17, 15) is 9.59 Å². The number of hydrogen-bond acceptors (Lipinski definition) is 6. The fourth-order valence-electron chi connectivity index (χ4n) is 3.86. The van der Waals surface area contributed by atoms with Gasteiger partial charge >= 0.3 is 0 Å². The van der Waals surface area contributed by atoms with Crippen LogP contribution < -0.4 is 9.80 Å². The summed E-state index contributed by atoms with van der Waals surface area (Å²) < 4.78 is 11.5. The summed E-state index contributed by atoms with van der Waals surface area (Å²) in [5.41, 5.74) is 2.55. The van der Waals surface area contributed by atoms with Gasteiger partial charge < -0.3 is 14.4 Å². The number of amides is 2. The number of benzene rings is 1. The van der Waals surface area contributed by atoms with Crippen LogP contribution in [0.15, 0.2) is 42.7 Å². The number of nitrogens with zero attached hydrogens (tertiary/aromatic N) is 3. The normalized spacial score (nSPS) is 18.8. The van der Waals surface area contributed by atoms with Gasteiger partial charge in [-0.25, -0.2) is 4.90 Å². The van der Waals surface area contributed by atoms with Crippen molar-refractivity contribution in [2.45, 2.75) is 38.9 Å². The van der Waals surface area contributed by atoms with E-state index in [-0.39, 0.29) is 18.1 Å². The molecule has 7 heteroatoms. The molecule has 1 atom stereocenters. The predicted molar refractivity (Wildman–Crippen MR) is 109 cm³/mol. The summed E-state index contributed by atoms with van der Waals surface area (Å²) in [4.78, 5) is 32.9. The second-order valence-corrected chi connectivity index (χ2v) is 7.21. The van der Waals surface area contributed by atoms with Gasteiger partial charge in [0, 0.05) is 26.3 Å². The van der Waals surface area contributed by atoms with Crippen LogP contribution >= 0.6 is 0 Å². The fourth-order valence-corrected chi connectivity index (χ4v) is 3.86. The van der Waals surface area contributed by atoms with Gasteiger partial charge in [-0.2, -0.15) is 0 Å². The number of aromatic nitrogens is 1. The van der Waals surface area contributed by atoms with Gasteiger partial charge in [0.25, 0.3) is 5.91 Å². The number of anilines is 3. The summed E-state index contributed by atoms with van der Waals surface area (Å²) in [5.74, 6) is -0.671. The molecule has 152 valence electrons. The molecule has 7 nitrogen and oxygen atoms in total. The molecule has 1 aromatic carbocycles. The quantitative estimate of drug-likeness (QED) is 0.720. The zero-order valence-corrected chi connectivity index (χ0v) is 16.5. The highest BCUT2D eigenvalue weighted by molar-refractivity contribution is 6.25. The zero-order valence-electron chi connectivity index (χ0n) is 16.5. The second kappa shape index (κ2) is 8.71. The number of para-hydroxylation sites is 1. The van der Waals surface area contributed by atoms with Crippen molar-refractivity contribution in [2.75, 3.05) is 29.6 Å². The maximum atomic E-state index is 13.1. The van der Waals surface area contributed by atoms with Gasteiger partial charge in [0.05, 0.1) is 35.4 Å². The summed E-state index contributed by atoms with van der Waals surface area (Å²) in [7, 11) is 0. The van der Waals surface area contributed by atoms with Crippen molar-refractivity contribution < 1.29 is 19.1 Å². The largest absolute Gasteiger partial charge is 0.353 e. The molecule has 0 aliphatic carbocycles. The van der Waals surface area contributed by atoms with Crippen molar-refractivity contribution in [1.82, 2.24) is 4.98 Å². The van der Waals surface area contributed by atoms with Crippen LogP contribution in [-0.2, 0) is 14.3 Å². The van der Waals surface area contributed by atoms with Gasteiger partial charge in [-0.05, 0) is 43.9 Å². The van der Waals surface area contributed by atoms with E-state index in [1.807, 2.05) is 24.3 Å². The van der Waals surface area contributed by atoms with Crippen molar-refractivity contribution in [3.05, 3.63) is 48.3 Å². The molecule has 0 bridgehead atoms. The van der Waals surface area contributed by atoms with E-state index in [2.05, 4.69) is 9.88 Å². The Bertz CT molecular complexity index is 895. The molecule has 1 fully saturated rings. The minimum absolute atomic E-state index is 0.119. The van der Waals surface area contributed by atoms with Crippen LogP contribution in [-0.4, -0.2) is 42.8 Å². The molecule has 2 amide bonds. The zero-order chi connectivity index (χ0) is 20.2. The summed E-state index contributed by atoms with van der Waals surface area (Å²) in [6.45, 7) is 3.35. The van der Waals surface area contributed by atoms with Crippen LogP contribution in [0.1, 0.15) is 43.0 Å². The van der Waals surface area contributed by atoms with Crippen molar-refractivity contribution in [3.63, 3.8) is 0 Å². The lowest BCUT2D eigenvalue weighted by Crippen LogP contribution is -2.34. The Balaban J connectivity index is 1.60. The Morgan fingerprint density at radius 3 is 2.86 bits per heavy atom. The smallest absolute Gasteiger partial charge is 0.267 e. The minimum atomic E-state index is -0.336. The third kappa shape index (κ3) is 4.02. The van der Waals surface area contributed by atoms with Crippen LogP contribution in [0.25, 0.3) is 0 Å². The average molecular weight is 395 g/mol. The molecule has 0 saturated carbocycles. The summed E-state index contributed by atoms with van der Waals surface area (Å²) in [6.07, 6.45) is 7.04. The standard InChI is InChI=1S/C22H25N3O4/c1-16(26)25-20-15-23-11-10-19(20)24(18-8-3-2-7-17(18)22(25)27)12-6-14-29-21-9-4-5-13-28-21/h2-3,7-8,10-11,15,21H,4-6,9,12-14H2,1H3. The van der Waals surface area contributed by atoms with E-state index in [0.29, 0.717) is 24.4 Å². The Labute approximate surface area is 170 Å². The highest BCUT2D eigenvalue weighted by atomic mass is 16.7. The Hall–Kier alpha value is -2.77. The monoisotopic (exact) mass is 395 g/mol. The molecule has 1 aromatic heterocycles. The van der Waals surface area contributed by atoms with E-state index >= 15 is 0 Å². The molecule has 4 rings (SSSR count). The number of ether oxygens (including phenoxy) is 2. The maximum absolute atomic E-state index is 13.1. The number of imide groups is 1. The molecule has 2 aromatic rings. The van der Waals surface area contributed by atoms with E-state index in [0.717, 1.165) is 43.7 Å². The first kappa shape index (κ1) is 19.5. The van der Waals surface area contributed by atoms with Gasteiger partial charge in [0.2, 0.25) is 5.91 Å². The Kier molecular flexibility index (Phi) is 5.87. The number of rotatable bonds is 5. The lowest BCUT2D eigenvalue weighted by Gasteiger charge is -2.27. The number of fused-ring (bicyclic) bond motifs is 2. The highest BCUT2D eigenvalue weighted by Gasteiger charge is 2.33. The molecule has 2 aliphatic heterocycles. The summed E-state index contributed by atoms with van der Waals surface area (Å²) in [5, 5.41) is 0.